The Labute approximate surface area is 159 Å². The second-order valence-corrected chi connectivity index (χ2v) is 6.80. The lowest BCUT2D eigenvalue weighted by Gasteiger charge is -2.08. The first-order valence-electron chi connectivity index (χ1n) is 8.15. The van der Waals surface area contributed by atoms with Crippen LogP contribution >= 0.6 is 15.9 Å². The van der Waals surface area contributed by atoms with Gasteiger partial charge < -0.3 is 14.5 Å². The van der Waals surface area contributed by atoms with Gasteiger partial charge in [0.05, 0.1) is 19.9 Å². The van der Waals surface area contributed by atoms with Crippen molar-refractivity contribution < 1.29 is 9.47 Å². The molecule has 1 N–H and O–H groups in total. The number of ether oxygens (including phenoxy) is 2. The molecule has 0 aliphatic heterocycles. The van der Waals surface area contributed by atoms with Crippen molar-refractivity contribution in [3.63, 3.8) is 0 Å². The van der Waals surface area contributed by atoms with Crippen LogP contribution in [0.5, 0.6) is 11.5 Å². The second kappa shape index (κ2) is 6.84. The zero-order valence-electron chi connectivity index (χ0n) is 14.4. The van der Waals surface area contributed by atoms with Crippen LogP contribution < -0.4 is 9.47 Å². The van der Waals surface area contributed by atoms with Crippen LogP contribution in [0.2, 0.25) is 0 Å². The molecule has 2 heterocycles. The molecule has 4 rings (SSSR count). The molecule has 26 heavy (non-hydrogen) atoms. The number of nitrogens with one attached hydrogen (secondary N) is 1. The van der Waals surface area contributed by atoms with Gasteiger partial charge in [-0.15, -0.1) is 0 Å². The summed E-state index contributed by atoms with van der Waals surface area (Å²) in [5.74, 6) is 1.66. The lowest BCUT2D eigenvalue weighted by molar-refractivity contribution is 0.414. The number of aromatic nitrogens is 2. The third kappa shape index (κ3) is 2.95. The van der Waals surface area contributed by atoms with E-state index in [1.807, 2.05) is 36.4 Å². The van der Waals surface area contributed by atoms with Crippen molar-refractivity contribution in [2.75, 3.05) is 14.2 Å². The molecular weight excluding hydrogens is 392 g/mol. The Kier molecular flexibility index (Phi) is 4.39. The zero-order chi connectivity index (χ0) is 18.1. The number of rotatable bonds is 4. The van der Waals surface area contributed by atoms with E-state index < -0.39 is 0 Å². The van der Waals surface area contributed by atoms with Crippen LogP contribution in [-0.4, -0.2) is 24.2 Å². The third-order valence-electron chi connectivity index (χ3n) is 4.37. The molecule has 0 aliphatic rings. The minimum absolute atomic E-state index is 0.830. The summed E-state index contributed by atoms with van der Waals surface area (Å²) < 4.78 is 11.5. The SMILES string of the molecule is COc1ccc(-c2[nH]c3ncc(Br)cc3c2-c2ccc(OC)cc2)cc1. The number of pyridine rings is 1. The van der Waals surface area contributed by atoms with Crippen molar-refractivity contribution in [1.29, 1.82) is 0 Å². The van der Waals surface area contributed by atoms with Gasteiger partial charge in [-0.2, -0.15) is 0 Å². The molecule has 5 heteroatoms. The number of benzene rings is 2. The van der Waals surface area contributed by atoms with Gasteiger partial charge in [0.2, 0.25) is 0 Å². The van der Waals surface area contributed by atoms with Crippen molar-refractivity contribution in [3.05, 3.63) is 65.3 Å². The maximum atomic E-state index is 5.29. The first-order chi connectivity index (χ1) is 12.7. The van der Waals surface area contributed by atoms with Crippen LogP contribution in [0, 0.1) is 0 Å². The van der Waals surface area contributed by atoms with E-state index in [0.717, 1.165) is 49.4 Å². The number of H-pyrrole nitrogens is 1. The quantitative estimate of drug-likeness (QED) is 0.472. The van der Waals surface area contributed by atoms with E-state index in [9.17, 15) is 0 Å². The highest BCUT2D eigenvalue weighted by atomic mass is 79.9. The molecule has 0 atom stereocenters. The molecule has 0 bridgehead atoms. The summed E-state index contributed by atoms with van der Waals surface area (Å²) in [6.07, 6.45) is 1.80. The first kappa shape index (κ1) is 16.7. The van der Waals surface area contributed by atoms with E-state index in [2.05, 4.69) is 44.1 Å². The van der Waals surface area contributed by atoms with Gasteiger partial charge in [-0.3, -0.25) is 0 Å². The predicted molar refractivity (Wildman–Crippen MR) is 108 cm³/mol. The summed E-state index contributed by atoms with van der Waals surface area (Å²) >= 11 is 3.53. The van der Waals surface area contributed by atoms with Crippen molar-refractivity contribution >= 4 is 27.0 Å². The Morgan fingerprint density at radius 1 is 0.846 bits per heavy atom. The Morgan fingerprint density at radius 2 is 1.42 bits per heavy atom. The fourth-order valence-electron chi connectivity index (χ4n) is 3.08. The number of nitrogens with zero attached hydrogens (tertiary/aromatic N) is 1. The van der Waals surface area contributed by atoms with Crippen molar-refractivity contribution in [2.24, 2.45) is 0 Å². The van der Waals surface area contributed by atoms with Crippen molar-refractivity contribution in [3.8, 4) is 33.9 Å². The Balaban J connectivity index is 1.96. The van der Waals surface area contributed by atoms with Gasteiger partial charge in [-0.25, -0.2) is 4.98 Å². The molecular formula is C21H17BrN2O2. The largest absolute Gasteiger partial charge is 0.497 e. The number of aromatic amines is 1. The molecule has 4 aromatic rings. The van der Waals surface area contributed by atoms with E-state index >= 15 is 0 Å². The Bertz CT molecular complexity index is 1050. The third-order valence-corrected chi connectivity index (χ3v) is 4.81. The van der Waals surface area contributed by atoms with Crippen LogP contribution in [0.3, 0.4) is 0 Å². The smallest absolute Gasteiger partial charge is 0.138 e. The second-order valence-electron chi connectivity index (χ2n) is 5.88. The molecule has 2 aromatic carbocycles. The molecule has 0 aliphatic carbocycles. The van der Waals surface area contributed by atoms with Gasteiger partial charge in [-0.1, -0.05) is 12.1 Å². The maximum Gasteiger partial charge on any atom is 0.138 e. The van der Waals surface area contributed by atoms with E-state index in [-0.39, 0.29) is 0 Å². The van der Waals surface area contributed by atoms with Crippen LogP contribution in [0.15, 0.2) is 65.3 Å². The normalized spacial score (nSPS) is 10.9. The average molecular weight is 409 g/mol. The van der Waals surface area contributed by atoms with Crippen LogP contribution in [0.4, 0.5) is 0 Å². The number of hydrogen-bond acceptors (Lipinski definition) is 3. The monoisotopic (exact) mass is 408 g/mol. The highest BCUT2D eigenvalue weighted by molar-refractivity contribution is 9.10. The first-order valence-corrected chi connectivity index (χ1v) is 8.95. The van der Waals surface area contributed by atoms with Crippen LogP contribution in [0.1, 0.15) is 0 Å². The Hall–Kier alpha value is -2.79. The molecule has 4 nitrogen and oxygen atoms in total. The highest BCUT2D eigenvalue weighted by Gasteiger charge is 2.16. The van der Waals surface area contributed by atoms with Gasteiger partial charge in [0.15, 0.2) is 0 Å². The number of methoxy groups -OCH3 is 2. The Morgan fingerprint density at radius 3 is 2.00 bits per heavy atom. The average Bonchev–Trinajstić information content (AvgIpc) is 3.06. The minimum atomic E-state index is 0.830. The highest BCUT2D eigenvalue weighted by Crippen LogP contribution is 2.39. The molecule has 0 spiro atoms. The number of hydrogen-bond donors (Lipinski definition) is 1. The minimum Gasteiger partial charge on any atom is -0.497 e. The van der Waals surface area contributed by atoms with Gasteiger partial charge in [0, 0.05) is 21.6 Å². The van der Waals surface area contributed by atoms with E-state index in [0.29, 0.717) is 0 Å². The van der Waals surface area contributed by atoms with Gasteiger partial charge in [0.1, 0.15) is 17.1 Å². The van der Waals surface area contributed by atoms with E-state index in [1.165, 1.54) is 0 Å². The standard InChI is InChI=1S/C21H17BrN2O2/c1-25-16-7-3-13(4-8-16)19-18-11-15(22)12-23-21(18)24-20(19)14-5-9-17(26-2)10-6-14/h3-12H,1-2H3,(H,23,24). The molecule has 0 radical (unpaired) electrons. The molecule has 0 saturated heterocycles. The lowest BCUT2D eigenvalue weighted by Crippen LogP contribution is -1.86. The molecule has 130 valence electrons. The zero-order valence-corrected chi connectivity index (χ0v) is 16.0. The van der Waals surface area contributed by atoms with Crippen molar-refractivity contribution in [1.82, 2.24) is 9.97 Å². The van der Waals surface area contributed by atoms with Crippen LogP contribution in [0.25, 0.3) is 33.4 Å². The fraction of sp³-hybridized carbons (Fsp3) is 0.0952. The van der Waals surface area contributed by atoms with E-state index in [4.69, 9.17) is 9.47 Å². The summed E-state index contributed by atoms with van der Waals surface area (Å²) in [5.41, 5.74) is 5.17. The molecule has 0 fully saturated rings. The molecule has 2 aromatic heterocycles. The topological polar surface area (TPSA) is 47.1 Å². The predicted octanol–water partition coefficient (Wildman–Crippen LogP) is 5.68. The summed E-state index contributed by atoms with van der Waals surface area (Å²) in [7, 11) is 3.34. The van der Waals surface area contributed by atoms with Gasteiger partial charge in [0.25, 0.3) is 0 Å². The summed E-state index contributed by atoms with van der Waals surface area (Å²) in [5, 5.41) is 1.07. The van der Waals surface area contributed by atoms with Gasteiger partial charge >= 0.3 is 0 Å². The summed E-state index contributed by atoms with van der Waals surface area (Å²) in [4.78, 5) is 8.00. The summed E-state index contributed by atoms with van der Waals surface area (Å²) in [6, 6.07) is 18.2. The van der Waals surface area contributed by atoms with E-state index in [1.54, 1.807) is 20.4 Å². The van der Waals surface area contributed by atoms with Crippen LogP contribution in [-0.2, 0) is 0 Å². The summed E-state index contributed by atoms with van der Waals surface area (Å²) in [6.45, 7) is 0. The number of halogens is 1. The molecule has 0 unspecified atom stereocenters. The molecule has 0 amide bonds. The molecule has 0 saturated carbocycles. The van der Waals surface area contributed by atoms with Gasteiger partial charge in [-0.05, 0) is 69.5 Å². The van der Waals surface area contributed by atoms with Crippen molar-refractivity contribution in [2.45, 2.75) is 0 Å². The fourth-order valence-corrected chi connectivity index (χ4v) is 3.41. The lowest BCUT2D eigenvalue weighted by atomic mass is 9.99. The maximum absolute atomic E-state index is 5.29. The number of fused-ring (bicyclic) bond motifs is 1.